The van der Waals surface area contributed by atoms with Gasteiger partial charge < -0.3 is 5.11 Å². The molecule has 2 aromatic carbocycles. The van der Waals surface area contributed by atoms with E-state index < -0.39 is 5.97 Å². The fraction of sp³-hybridized carbons (Fsp3) is 0.125. The van der Waals surface area contributed by atoms with Gasteiger partial charge in [-0.2, -0.15) is 5.10 Å². The molecule has 112 valence electrons. The van der Waals surface area contributed by atoms with Crippen LogP contribution in [0.25, 0.3) is 0 Å². The molecule has 1 N–H and O–H groups in total. The minimum atomic E-state index is -1.03. The molecular formula is C16H12Cl2N2O2. The van der Waals surface area contributed by atoms with Gasteiger partial charge in [0.1, 0.15) is 5.71 Å². The van der Waals surface area contributed by atoms with Crippen LogP contribution in [0.4, 0.5) is 5.69 Å². The Hall–Kier alpha value is -2.04. The second-order valence-electron chi connectivity index (χ2n) is 4.92. The van der Waals surface area contributed by atoms with Gasteiger partial charge in [0.2, 0.25) is 0 Å². The molecule has 3 rings (SSSR count). The summed E-state index contributed by atoms with van der Waals surface area (Å²) in [6, 6.07) is 14.4. The fourth-order valence-corrected chi connectivity index (χ4v) is 2.83. The second-order valence-corrected chi connectivity index (χ2v) is 5.77. The molecule has 1 aliphatic heterocycles. The molecule has 22 heavy (non-hydrogen) atoms. The van der Waals surface area contributed by atoms with Crippen LogP contribution in [0.1, 0.15) is 18.0 Å². The summed E-state index contributed by atoms with van der Waals surface area (Å²) in [6.45, 7) is 0. The van der Waals surface area contributed by atoms with E-state index in [0.29, 0.717) is 22.2 Å². The maximum absolute atomic E-state index is 11.3. The molecule has 0 unspecified atom stereocenters. The number of anilines is 1. The molecule has 4 nitrogen and oxygen atoms in total. The van der Waals surface area contributed by atoms with Crippen LogP contribution in [0.2, 0.25) is 10.0 Å². The first-order valence-corrected chi connectivity index (χ1v) is 7.42. The molecule has 1 heterocycles. The number of carbonyl (C=O) groups is 1. The smallest absolute Gasteiger partial charge is 0.352 e. The van der Waals surface area contributed by atoms with Gasteiger partial charge in [-0.3, -0.25) is 5.01 Å². The zero-order valence-electron chi connectivity index (χ0n) is 11.4. The first-order chi connectivity index (χ1) is 10.6. The van der Waals surface area contributed by atoms with Gasteiger partial charge in [-0.05, 0) is 23.8 Å². The Morgan fingerprint density at radius 1 is 1.18 bits per heavy atom. The predicted octanol–water partition coefficient (Wildman–Crippen LogP) is 4.39. The number of halogens is 2. The number of hydrazone groups is 1. The van der Waals surface area contributed by atoms with Gasteiger partial charge in [0.05, 0.1) is 16.8 Å². The van der Waals surface area contributed by atoms with Crippen LogP contribution in [0.15, 0.2) is 53.6 Å². The van der Waals surface area contributed by atoms with Gasteiger partial charge in [0.25, 0.3) is 0 Å². The number of carboxylic acid groups (broad SMARTS) is 1. The second kappa shape index (κ2) is 5.99. The Morgan fingerprint density at radius 2 is 1.91 bits per heavy atom. The van der Waals surface area contributed by atoms with Gasteiger partial charge in [-0.25, -0.2) is 4.79 Å². The fourth-order valence-electron chi connectivity index (χ4n) is 2.46. The van der Waals surface area contributed by atoms with Crippen molar-refractivity contribution in [3.8, 4) is 0 Å². The molecule has 6 heteroatoms. The SMILES string of the molecule is O=C(O)C1=NN(c2cc(Cl)ccc2Cl)[C@@H](c2ccccc2)C1. The van der Waals surface area contributed by atoms with Crippen molar-refractivity contribution in [2.75, 3.05) is 5.01 Å². The van der Waals surface area contributed by atoms with Gasteiger partial charge >= 0.3 is 5.97 Å². The number of aliphatic carboxylic acids is 1. The van der Waals surface area contributed by atoms with Crippen LogP contribution >= 0.6 is 23.2 Å². The van der Waals surface area contributed by atoms with Crippen LogP contribution in [0.3, 0.4) is 0 Å². The number of rotatable bonds is 3. The van der Waals surface area contributed by atoms with Crippen LogP contribution in [-0.2, 0) is 4.79 Å². The van der Waals surface area contributed by atoms with E-state index in [1.807, 2.05) is 30.3 Å². The number of carboxylic acids is 1. The lowest BCUT2D eigenvalue weighted by Gasteiger charge is -2.25. The van der Waals surface area contributed by atoms with E-state index in [4.69, 9.17) is 23.2 Å². The summed E-state index contributed by atoms with van der Waals surface area (Å²) in [5.74, 6) is -1.03. The number of hydrogen-bond acceptors (Lipinski definition) is 3. The molecule has 0 saturated carbocycles. The average Bonchev–Trinajstić information content (AvgIpc) is 2.96. The lowest BCUT2D eigenvalue weighted by molar-refractivity contribution is -0.129. The van der Waals surface area contributed by atoms with Gasteiger partial charge in [-0.1, -0.05) is 53.5 Å². The predicted molar refractivity (Wildman–Crippen MR) is 87.8 cm³/mol. The zero-order chi connectivity index (χ0) is 15.7. The molecule has 0 radical (unpaired) electrons. The van der Waals surface area contributed by atoms with Gasteiger partial charge in [-0.15, -0.1) is 0 Å². The first-order valence-electron chi connectivity index (χ1n) is 6.66. The van der Waals surface area contributed by atoms with Crippen molar-refractivity contribution in [2.24, 2.45) is 5.10 Å². The highest BCUT2D eigenvalue weighted by molar-refractivity contribution is 6.37. The topological polar surface area (TPSA) is 52.9 Å². The van der Waals surface area contributed by atoms with E-state index in [1.54, 1.807) is 23.2 Å². The Kier molecular flexibility index (Phi) is 4.05. The molecule has 0 aliphatic carbocycles. The van der Waals surface area contributed by atoms with E-state index >= 15 is 0 Å². The summed E-state index contributed by atoms with van der Waals surface area (Å²) in [7, 11) is 0. The van der Waals surface area contributed by atoms with Crippen LogP contribution in [0.5, 0.6) is 0 Å². The van der Waals surface area contributed by atoms with E-state index in [1.165, 1.54) is 0 Å². The van der Waals surface area contributed by atoms with E-state index in [2.05, 4.69) is 5.10 Å². The Balaban J connectivity index is 2.07. The Labute approximate surface area is 137 Å². The van der Waals surface area contributed by atoms with E-state index in [0.717, 1.165) is 5.56 Å². The average molecular weight is 335 g/mol. The molecule has 0 aromatic heterocycles. The standard InChI is InChI=1S/C16H12Cl2N2O2/c17-11-6-7-12(18)15(8-11)20-14(9-13(19-20)16(21)22)10-4-2-1-3-5-10/h1-8,14H,9H2,(H,21,22)/t14-/m1/s1. The highest BCUT2D eigenvalue weighted by Gasteiger charge is 2.33. The third-order valence-electron chi connectivity index (χ3n) is 3.50. The molecule has 1 aliphatic rings. The molecule has 0 saturated heterocycles. The highest BCUT2D eigenvalue weighted by Crippen LogP contribution is 2.39. The van der Waals surface area contributed by atoms with Crippen LogP contribution in [0, 0.1) is 0 Å². The lowest BCUT2D eigenvalue weighted by Crippen LogP contribution is -2.19. The highest BCUT2D eigenvalue weighted by atomic mass is 35.5. The third-order valence-corrected chi connectivity index (χ3v) is 4.05. The maximum Gasteiger partial charge on any atom is 0.352 e. The van der Waals surface area contributed by atoms with Crippen molar-refractivity contribution in [3.63, 3.8) is 0 Å². The molecule has 0 fully saturated rings. The van der Waals surface area contributed by atoms with Crippen LogP contribution in [-0.4, -0.2) is 16.8 Å². The summed E-state index contributed by atoms with van der Waals surface area (Å²) in [6.07, 6.45) is 0.308. The Morgan fingerprint density at radius 3 is 2.59 bits per heavy atom. The normalized spacial score (nSPS) is 17.5. The van der Waals surface area contributed by atoms with Crippen molar-refractivity contribution >= 4 is 40.6 Å². The maximum atomic E-state index is 11.3. The minimum Gasteiger partial charge on any atom is -0.477 e. The monoisotopic (exact) mass is 334 g/mol. The Bertz CT molecular complexity index is 747. The van der Waals surface area contributed by atoms with E-state index in [9.17, 15) is 9.90 Å². The summed E-state index contributed by atoms with van der Waals surface area (Å²) in [5.41, 5.74) is 1.67. The summed E-state index contributed by atoms with van der Waals surface area (Å²) < 4.78 is 0. The molecule has 0 bridgehead atoms. The summed E-state index contributed by atoms with van der Waals surface area (Å²) in [5, 5.41) is 16.1. The largest absolute Gasteiger partial charge is 0.477 e. The van der Waals surface area contributed by atoms with Crippen molar-refractivity contribution in [3.05, 3.63) is 64.1 Å². The van der Waals surface area contributed by atoms with E-state index in [-0.39, 0.29) is 11.8 Å². The lowest BCUT2D eigenvalue weighted by atomic mass is 10.0. The van der Waals surface area contributed by atoms with Crippen molar-refractivity contribution in [1.29, 1.82) is 0 Å². The molecule has 1 atom stereocenters. The quantitative estimate of drug-likeness (QED) is 0.905. The summed E-state index contributed by atoms with van der Waals surface area (Å²) >= 11 is 12.3. The van der Waals surface area contributed by atoms with Crippen molar-refractivity contribution < 1.29 is 9.90 Å². The van der Waals surface area contributed by atoms with Crippen molar-refractivity contribution in [2.45, 2.75) is 12.5 Å². The molecular weight excluding hydrogens is 323 g/mol. The van der Waals surface area contributed by atoms with Crippen molar-refractivity contribution in [1.82, 2.24) is 0 Å². The molecule has 2 aromatic rings. The van der Waals surface area contributed by atoms with Crippen LogP contribution < -0.4 is 5.01 Å². The third kappa shape index (κ3) is 2.80. The first kappa shape index (κ1) is 14.9. The number of hydrogen-bond donors (Lipinski definition) is 1. The van der Waals surface area contributed by atoms with Gasteiger partial charge in [0, 0.05) is 11.4 Å². The number of benzene rings is 2. The van der Waals surface area contributed by atoms with Gasteiger partial charge in [0.15, 0.2) is 0 Å². The minimum absolute atomic E-state index is 0.102. The molecule has 0 spiro atoms. The summed E-state index contributed by atoms with van der Waals surface area (Å²) in [4.78, 5) is 11.3. The zero-order valence-corrected chi connectivity index (χ0v) is 12.9. The number of nitrogens with zero attached hydrogens (tertiary/aromatic N) is 2. The molecule has 0 amide bonds.